The third-order valence-corrected chi connectivity index (χ3v) is 3.74. The van der Waals surface area contributed by atoms with Gasteiger partial charge in [0.2, 0.25) is 0 Å². The maximum atomic E-state index is 11.9. The summed E-state index contributed by atoms with van der Waals surface area (Å²) in [5.74, 6) is -0.264. The van der Waals surface area contributed by atoms with Crippen LogP contribution in [0.4, 0.5) is 4.79 Å². The van der Waals surface area contributed by atoms with Gasteiger partial charge in [0.05, 0.1) is 0 Å². The molecule has 6 heteroatoms. The van der Waals surface area contributed by atoms with Crippen LogP contribution >= 0.6 is 11.8 Å². The number of carboxylic acids is 1. The zero-order valence-corrected chi connectivity index (χ0v) is 12.5. The molecule has 1 atom stereocenters. The lowest BCUT2D eigenvalue weighted by Gasteiger charge is -2.22. The summed E-state index contributed by atoms with van der Waals surface area (Å²) in [5.41, 5.74) is 0. The van der Waals surface area contributed by atoms with E-state index in [1.165, 1.54) is 6.92 Å². The molecule has 1 unspecified atom stereocenters. The Bertz CT molecular complexity index is 439. The van der Waals surface area contributed by atoms with Gasteiger partial charge in [-0.1, -0.05) is 18.2 Å². The normalized spacial score (nSPS) is 11.7. The predicted octanol–water partition coefficient (Wildman–Crippen LogP) is 2.28. The number of hydrogen-bond donors (Lipinski definition) is 2. The number of urea groups is 1. The van der Waals surface area contributed by atoms with Gasteiger partial charge in [-0.25, -0.2) is 4.79 Å². The zero-order valence-electron chi connectivity index (χ0n) is 11.7. The number of carboxylic acid groups (broad SMARTS) is 1. The van der Waals surface area contributed by atoms with E-state index in [4.69, 9.17) is 5.11 Å². The quantitative estimate of drug-likeness (QED) is 0.757. The van der Waals surface area contributed by atoms with Crippen molar-refractivity contribution in [3.05, 3.63) is 30.3 Å². The second kappa shape index (κ2) is 8.47. The van der Waals surface area contributed by atoms with E-state index in [2.05, 4.69) is 5.32 Å². The molecular formula is C14H20N2O3S. The largest absolute Gasteiger partial charge is 0.480 e. The highest BCUT2D eigenvalue weighted by atomic mass is 32.2. The van der Waals surface area contributed by atoms with Crippen molar-refractivity contribution >= 4 is 23.8 Å². The Hall–Kier alpha value is -1.69. The Labute approximate surface area is 123 Å². The van der Waals surface area contributed by atoms with Crippen LogP contribution in [0.1, 0.15) is 13.8 Å². The molecule has 5 nitrogen and oxygen atoms in total. The summed E-state index contributed by atoms with van der Waals surface area (Å²) >= 11 is 1.67. The van der Waals surface area contributed by atoms with Crippen molar-refractivity contribution in [3.63, 3.8) is 0 Å². The fraction of sp³-hybridized carbons (Fsp3) is 0.429. The van der Waals surface area contributed by atoms with Crippen molar-refractivity contribution in [2.75, 3.05) is 18.8 Å². The predicted molar refractivity (Wildman–Crippen MR) is 80.0 cm³/mol. The van der Waals surface area contributed by atoms with E-state index in [9.17, 15) is 9.59 Å². The summed E-state index contributed by atoms with van der Waals surface area (Å²) in [7, 11) is 0. The number of amides is 2. The highest BCUT2D eigenvalue weighted by molar-refractivity contribution is 7.99. The number of carbonyl (C=O) groups excluding carboxylic acids is 1. The van der Waals surface area contributed by atoms with Crippen LogP contribution in [-0.2, 0) is 4.79 Å². The topological polar surface area (TPSA) is 69.6 Å². The summed E-state index contributed by atoms with van der Waals surface area (Å²) in [6.07, 6.45) is 0. The minimum Gasteiger partial charge on any atom is -0.480 e. The van der Waals surface area contributed by atoms with Gasteiger partial charge in [-0.2, -0.15) is 0 Å². The molecule has 0 saturated carbocycles. The van der Waals surface area contributed by atoms with Gasteiger partial charge in [-0.05, 0) is 26.0 Å². The molecule has 20 heavy (non-hydrogen) atoms. The van der Waals surface area contributed by atoms with Gasteiger partial charge in [-0.15, -0.1) is 11.8 Å². The maximum absolute atomic E-state index is 11.9. The zero-order chi connectivity index (χ0) is 15.0. The van der Waals surface area contributed by atoms with E-state index in [1.54, 1.807) is 16.7 Å². The Morgan fingerprint density at radius 2 is 2.00 bits per heavy atom. The van der Waals surface area contributed by atoms with E-state index in [0.717, 1.165) is 10.6 Å². The number of rotatable bonds is 7. The average Bonchev–Trinajstić information content (AvgIpc) is 2.44. The van der Waals surface area contributed by atoms with Gasteiger partial charge < -0.3 is 15.3 Å². The van der Waals surface area contributed by atoms with E-state index < -0.39 is 12.0 Å². The van der Waals surface area contributed by atoms with Crippen molar-refractivity contribution in [2.45, 2.75) is 24.8 Å². The first-order valence-corrected chi connectivity index (χ1v) is 7.49. The molecule has 0 aliphatic rings. The number of carbonyl (C=O) groups is 2. The summed E-state index contributed by atoms with van der Waals surface area (Å²) in [6.45, 7) is 4.45. The molecule has 110 valence electrons. The molecule has 0 heterocycles. The first-order chi connectivity index (χ1) is 9.54. The van der Waals surface area contributed by atoms with Crippen LogP contribution in [0.2, 0.25) is 0 Å². The van der Waals surface area contributed by atoms with Gasteiger partial charge in [0.25, 0.3) is 0 Å². The lowest BCUT2D eigenvalue weighted by molar-refractivity contribution is -0.138. The number of nitrogens with zero attached hydrogens (tertiary/aromatic N) is 1. The minimum atomic E-state index is -1.03. The standard InChI is InChI=1S/C14H20N2O3S/c1-3-16(14(19)15-11(2)13(17)18)9-10-20-12-7-5-4-6-8-12/h4-8,11H,3,9-10H2,1-2H3,(H,15,19)(H,17,18). The Morgan fingerprint density at radius 3 is 2.55 bits per heavy atom. The van der Waals surface area contributed by atoms with Crippen molar-refractivity contribution in [2.24, 2.45) is 0 Å². The fourth-order valence-corrected chi connectivity index (χ4v) is 2.43. The summed E-state index contributed by atoms with van der Waals surface area (Å²) in [5, 5.41) is 11.2. The lowest BCUT2D eigenvalue weighted by Crippen LogP contribution is -2.47. The van der Waals surface area contributed by atoms with Gasteiger partial charge in [0.1, 0.15) is 6.04 Å². The van der Waals surface area contributed by atoms with Crippen molar-refractivity contribution < 1.29 is 14.7 Å². The van der Waals surface area contributed by atoms with Crippen LogP contribution in [-0.4, -0.2) is 46.9 Å². The van der Waals surface area contributed by atoms with Crippen LogP contribution in [0.25, 0.3) is 0 Å². The molecule has 1 rings (SSSR count). The van der Waals surface area contributed by atoms with Gasteiger partial charge >= 0.3 is 12.0 Å². The molecule has 0 aliphatic heterocycles. The molecule has 0 radical (unpaired) electrons. The molecule has 0 aromatic heterocycles. The lowest BCUT2D eigenvalue weighted by atomic mass is 10.3. The fourth-order valence-electron chi connectivity index (χ4n) is 1.53. The van der Waals surface area contributed by atoms with Gasteiger partial charge in [-0.3, -0.25) is 4.79 Å². The SMILES string of the molecule is CCN(CCSc1ccccc1)C(=O)NC(C)C(=O)O. The number of hydrogen-bond acceptors (Lipinski definition) is 3. The highest BCUT2D eigenvalue weighted by Gasteiger charge is 2.17. The molecule has 0 aliphatic carbocycles. The van der Waals surface area contributed by atoms with E-state index in [-0.39, 0.29) is 6.03 Å². The molecule has 2 N–H and O–H groups in total. The van der Waals surface area contributed by atoms with Crippen molar-refractivity contribution in [1.82, 2.24) is 10.2 Å². The third kappa shape index (κ3) is 5.52. The number of benzene rings is 1. The Morgan fingerprint density at radius 1 is 1.35 bits per heavy atom. The molecular weight excluding hydrogens is 276 g/mol. The van der Waals surface area contributed by atoms with E-state index >= 15 is 0 Å². The highest BCUT2D eigenvalue weighted by Crippen LogP contribution is 2.16. The van der Waals surface area contributed by atoms with Gasteiger partial charge in [0, 0.05) is 23.7 Å². The summed E-state index contributed by atoms with van der Waals surface area (Å²) in [6, 6.07) is 8.74. The average molecular weight is 296 g/mol. The van der Waals surface area contributed by atoms with Crippen LogP contribution < -0.4 is 5.32 Å². The number of aliphatic carboxylic acids is 1. The summed E-state index contributed by atoms with van der Waals surface area (Å²) in [4.78, 5) is 25.3. The molecule has 1 aromatic rings. The molecule has 0 bridgehead atoms. The molecule has 0 spiro atoms. The Kier molecular flexibility index (Phi) is 6.93. The smallest absolute Gasteiger partial charge is 0.325 e. The first-order valence-electron chi connectivity index (χ1n) is 6.50. The molecule has 1 aromatic carbocycles. The van der Waals surface area contributed by atoms with Crippen LogP contribution in [0.5, 0.6) is 0 Å². The summed E-state index contributed by atoms with van der Waals surface area (Å²) < 4.78 is 0. The second-order valence-corrected chi connectivity index (χ2v) is 5.42. The van der Waals surface area contributed by atoms with E-state index in [1.807, 2.05) is 37.3 Å². The second-order valence-electron chi connectivity index (χ2n) is 4.25. The van der Waals surface area contributed by atoms with Crippen molar-refractivity contribution in [3.8, 4) is 0 Å². The van der Waals surface area contributed by atoms with E-state index in [0.29, 0.717) is 13.1 Å². The number of nitrogens with one attached hydrogen (secondary N) is 1. The van der Waals surface area contributed by atoms with Crippen LogP contribution in [0.3, 0.4) is 0 Å². The van der Waals surface area contributed by atoms with Crippen LogP contribution in [0.15, 0.2) is 35.2 Å². The third-order valence-electron chi connectivity index (χ3n) is 2.75. The first kappa shape index (κ1) is 16.4. The van der Waals surface area contributed by atoms with Crippen LogP contribution in [0, 0.1) is 0 Å². The molecule has 0 fully saturated rings. The van der Waals surface area contributed by atoms with Gasteiger partial charge in [0.15, 0.2) is 0 Å². The van der Waals surface area contributed by atoms with Crippen molar-refractivity contribution in [1.29, 1.82) is 0 Å². The molecule has 0 saturated heterocycles. The minimum absolute atomic E-state index is 0.337. The monoisotopic (exact) mass is 296 g/mol. The maximum Gasteiger partial charge on any atom is 0.325 e. The Balaban J connectivity index is 2.39. The number of thioether (sulfide) groups is 1. The molecule has 2 amide bonds.